The normalized spacial score (nSPS) is 10.7. The Morgan fingerprint density at radius 1 is 1.09 bits per heavy atom. The van der Waals surface area contributed by atoms with E-state index in [0.29, 0.717) is 47.5 Å². The summed E-state index contributed by atoms with van der Waals surface area (Å²) < 4.78 is 18.8. The number of carbonyl (C=O) groups is 1. The molecule has 4 rings (SSSR count). The smallest absolute Gasteiger partial charge is 0.247 e. The lowest BCUT2D eigenvalue weighted by Crippen LogP contribution is -2.07. The molecule has 32 heavy (non-hydrogen) atoms. The van der Waals surface area contributed by atoms with Gasteiger partial charge in [-0.25, -0.2) is 14.4 Å². The number of aromatic nitrogens is 4. The second kappa shape index (κ2) is 9.34. The fourth-order valence-corrected chi connectivity index (χ4v) is 3.08. The molecule has 0 aliphatic carbocycles. The van der Waals surface area contributed by atoms with Crippen molar-refractivity contribution < 1.29 is 13.9 Å². The zero-order valence-corrected chi connectivity index (χ0v) is 17.6. The second-order valence-corrected chi connectivity index (χ2v) is 6.95. The van der Waals surface area contributed by atoms with Crippen LogP contribution in [0.25, 0.3) is 22.4 Å². The summed E-state index contributed by atoms with van der Waals surface area (Å²) in [5, 5.41) is 5.87. The van der Waals surface area contributed by atoms with E-state index in [-0.39, 0.29) is 11.7 Å². The van der Waals surface area contributed by atoms with Gasteiger partial charge in [0.15, 0.2) is 11.2 Å². The van der Waals surface area contributed by atoms with Crippen LogP contribution in [0, 0.1) is 5.82 Å². The largest absolute Gasteiger partial charge is 0.476 e. The molecule has 0 spiro atoms. The molecule has 2 aromatic carbocycles. The SMILES string of the molecule is CCOc1nc(NCc2ccc(F)cc2)nc2ncc(-c3cccc(NC(C)=O)c3)nc12. The highest BCUT2D eigenvalue weighted by atomic mass is 19.1. The van der Waals surface area contributed by atoms with Crippen LogP contribution >= 0.6 is 0 Å². The van der Waals surface area contributed by atoms with E-state index < -0.39 is 0 Å². The molecule has 0 radical (unpaired) electrons. The van der Waals surface area contributed by atoms with Gasteiger partial charge in [-0.15, -0.1) is 0 Å². The summed E-state index contributed by atoms with van der Waals surface area (Å²) in [6.07, 6.45) is 1.61. The van der Waals surface area contributed by atoms with E-state index in [9.17, 15) is 9.18 Å². The molecule has 0 aliphatic rings. The topological polar surface area (TPSA) is 102 Å². The van der Waals surface area contributed by atoms with Gasteiger partial charge in [0.25, 0.3) is 0 Å². The molecular weight excluding hydrogens is 411 g/mol. The highest BCUT2D eigenvalue weighted by Gasteiger charge is 2.14. The second-order valence-electron chi connectivity index (χ2n) is 6.95. The number of anilines is 2. The molecule has 0 bridgehead atoms. The van der Waals surface area contributed by atoms with Crippen LogP contribution in [0.3, 0.4) is 0 Å². The summed E-state index contributed by atoms with van der Waals surface area (Å²) in [6.45, 7) is 4.12. The van der Waals surface area contributed by atoms with Crippen LogP contribution in [0.4, 0.5) is 16.0 Å². The van der Waals surface area contributed by atoms with Gasteiger partial charge in [-0.05, 0) is 36.8 Å². The van der Waals surface area contributed by atoms with Crippen LogP contribution in [0.15, 0.2) is 54.7 Å². The van der Waals surface area contributed by atoms with Crippen molar-refractivity contribution in [2.75, 3.05) is 17.2 Å². The number of nitrogens with one attached hydrogen (secondary N) is 2. The highest BCUT2D eigenvalue weighted by Crippen LogP contribution is 2.26. The van der Waals surface area contributed by atoms with Crippen molar-refractivity contribution in [3.05, 3.63) is 66.1 Å². The summed E-state index contributed by atoms with van der Waals surface area (Å²) in [6, 6.07) is 13.5. The van der Waals surface area contributed by atoms with Crippen molar-refractivity contribution in [2.24, 2.45) is 0 Å². The number of hydrogen-bond acceptors (Lipinski definition) is 7. The van der Waals surface area contributed by atoms with Gasteiger partial charge in [0.2, 0.25) is 17.7 Å². The minimum atomic E-state index is -0.289. The fraction of sp³-hybridized carbons (Fsp3) is 0.174. The monoisotopic (exact) mass is 432 g/mol. The predicted octanol–water partition coefficient (Wildman–Crippen LogP) is 4.20. The first-order valence-electron chi connectivity index (χ1n) is 10.1. The van der Waals surface area contributed by atoms with Gasteiger partial charge >= 0.3 is 0 Å². The molecule has 1 amide bonds. The Bertz CT molecular complexity index is 1260. The Kier molecular flexibility index (Phi) is 6.16. The van der Waals surface area contributed by atoms with Gasteiger partial charge in [-0.1, -0.05) is 24.3 Å². The minimum absolute atomic E-state index is 0.153. The predicted molar refractivity (Wildman–Crippen MR) is 120 cm³/mol. The maximum absolute atomic E-state index is 13.1. The summed E-state index contributed by atoms with van der Waals surface area (Å²) in [5.74, 6) is 0.203. The van der Waals surface area contributed by atoms with Gasteiger partial charge in [-0.3, -0.25) is 4.79 Å². The van der Waals surface area contributed by atoms with E-state index in [1.165, 1.54) is 19.1 Å². The maximum Gasteiger partial charge on any atom is 0.247 e. The highest BCUT2D eigenvalue weighted by molar-refractivity contribution is 5.89. The number of nitrogens with zero attached hydrogens (tertiary/aromatic N) is 4. The number of rotatable bonds is 7. The first kappa shape index (κ1) is 21.1. The van der Waals surface area contributed by atoms with Crippen LogP contribution < -0.4 is 15.4 Å². The van der Waals surface area contributed by atoms with Gasteiger partial charge in [0.1, 0.15) is 5.82 Å². The molecule has 0 saturated heterocycles. The minimum Gasteiger partial charge on any atom is -0.476 e. The molecule has 2 N–H and O–H groups in total. The van der Waals surface area contributed by atoms with Crippen molar-refractivity contribution in [3.8, 4) is 17.1 Å². The van der Waals surface area contributed by atoms with Gasteiger partial charge in [0.05, 0.1) is 18.5 Å². The number of fused-ring (bicyclic) bond motifs is 1. The number of carbonyl (C=O) groups excluding carboxylic acids is 1. The molecule has 9 heteroatoms. The standard InChI is InChI=1S/C23H21FN6O2/c1-3-32-22-20-21(29-23(30-22)26-12-15-7-9-17(24)10-8-15)25-13-19(28-20)16-5-4-6-18(11-16)27-14(2)31/h4-11,13H,3,12H2,1-2H3,(H,27,31)(H,25,26,29,30). The Labute approximate surface area is 183 Å². The van der Waals surface area contributed by atoms with Crippen molar-refractivity contribution >= 4 is 28.7 Å². The number of halogens is 1. The molecule has 8 nitrogen and oxygen atoms in total. The number of benzene rings is 2. The molecule has 162 valence electrons. The molecule has 0 atom stereocenters. The molecule has 0 saturated carbocycles. The van der Waals surface area contributed by atoms with E-state index in [2.05, 4.69) is 30.6 Å². The van der Waals surface area contributed by atoms with Gasteiger partial charge in [-0.2, -0.15) is 9.97 Å². The zero-order chi connectivity index (χ0) is 22.5. The third kappa shape index (κ3) is 4.94. The van der Waals surface area contributed by atoms with Crippen LogP contribution in [-0.2, 0) is 11.3 Å². The Balaban J connectivity index is 1.65. The van der Waals surface area contributed by atoms with Crippen molar-refractivity contribution in [3.63, 3.8) is 0 Å². The van der Waals surface area contributed by atoms with Gasteiger partial charge < -0.3 is 15.4 Å². The Morgan fingerprint density at radius 2 is 1.91 bits per heavy atom. The third-order valence-electron chi connectivity index (χ3n) is 4.50. The van der Waals surface area contributed by atoms with E-state index in [0.717, 1.165) is 11.1 Å². The summed E-state index contributed by atoms with van der Waals surface area (Å²) in [5.41, 5.74) is 3.74. The maximum atomic E-state index is 13.1. The van der Waals surface area contributed by atoms with E-state index in [4.69, 9.17) is 4.74 Å². The average molecular weight is 432 g/mol. The zero-order valence-electron chi connectivity index (χ0n) is 17.6. The molecule has 4 aromatic rings. The van der Waals surface area contributed by atoms with E-state index in [1.807, 2.05) is 25.1 Å². The van der Waals surface area contributed by atoms with Crippen LogP contribution in [0.2, 0.25) is 0 Å². The van der Waals surface area contributed by atoms with Crippen LogP contribution in [0.1, 0.15) is 19.4 Å². The van der Waals surface area contributed by atoms with Crippen LogP contribution in [0.5, 0.6) is 5.88 Å². The van der Waals surface area contributed by atoms with Gasteiger partial charge in [0, 0.05) is 24.7 Å². The van der Waals surface area contributed by atoms with Crippen molar-refractivity contribution in [2.45, 2.75) is 20.4 Å². The molecule has 2 heterocycles. The third-order valence-corrected chi connectivity index (χ3v) is 4.50. The first-order valence-corrected chi connectivity index (χ1v) is 10.1. The summed E-state index contributed by atoms with van der Waals surface area (Å²) >= 11 is 0. The number of hydrogen-bond donors (Lipinski definition) is 2. The number of amides is 1. The average Bonchev–Trinajstić information content (AvgIpc) is 2.78. The Morgan fingerprint density at radius 3 is 2.66 bits per heavy atom. The number of ether oxygens (including phenoxy) is 1. The van der Waals surface area contributed by atoms with Crippen molar-refractivity contribution in [1.82, 2.24) is 19.9 Å². The Hall–Kier alpha value is -4.14. The molecule has 0 fully saturated rings. The molecule has 0 unspecified atom stereocenters. The molecule has 2 aromatic heterocycles. The quantitative estimate of drug-likeness (QED) is 0.451. The molecular formula is C23H21FN6O2. The van der Waals surface area contributed by atoms with Crippen LogP contribution in [-0.4, -0.2) is 32.4 Å². The lowest BCUT2D eigenvalue weighted by atomic mass is 10.1. The first-order chi connectivity index (χ1) is 15.5. The molecule has 0 aliphatic heterocycles. The van der Waals surface area contributed by atoms with E-state index >= 15 is 0 Å². The fourth-order valence-electron chi connectivity index (χ4n) is 3.08. The van der Waals surface area contributed by atoms with E-state index in [1.54, 1.807) is 24.4 Å². The van der Waals surface area contributed by atoms with Crippen molar-refractivity contribution in [1.29, 1.82) is 0 Å². The summed E-state index contributed by atoms with van der Waals surface area (Å²) in [4.78, 5) is 29.3. The lowest BCUT2D eigenvalue weighted by molar-refractivity contribution is -0.114. The lowest BCUT2D eigenvalue weighted by Gasteiger charge is -2.11. The summed E-state index contributed by atoms with van der Waals surface area (Å²) in [7, 11) is 0.